The molecule has 6 heteroatoms. The minimum absolute atomic E-state index is 0.157. The van der Waals surface area contributed by atoms with Gasteiger partial charge in [-0.3, -0.25) is 4.79 Å². The van der Waals surface area contributed by atoms with Crippen molar-refractivity contribution in [1.82, 2.24) is 10.3 Å². The molecule has 0 spiro atoms. The van der Waals surface area contributed by atoms with E-state index in [0.29, 0.717) is 13.0 Å². The quantitative estimate of drug-likeness (QED) is 0.833. The Labute approximate surface area is 103 Å². The minimum Gasteiger partial charge on any atom is -0.378 e. The van der Waals surface area contributed by atoms with Crippen LogP contribution in [0, 0.1) is 11.8 Å². The molecule has 0 bridgehead atoms. The zero-order valence-corrected chi connectivity index (χ0v) is 9.79. The number of carbonyl (C=O) groups excluding carboxylic acids is 1. The minimum atomic E-state index is -1.26. The Hall–Kier alpha value is -1.56. The summed E-state index contributed by atoms with van der Waals surface area (Å²) in [6.07, 6.45) is 3.91. The molecular weight excluding hydrogens is 242 g/mol. The number of hydrogen-bond donors (Lipinski definition) is 1. The maximum Gasteiger partial charge on any atom is 0.254 e. The fourth-order valence-corrected chi connectivity index (χ4v) is 1.91. The van der Waals surface area contributed by atoms with Crippen molar-refractivity contribution < 1.29 is 18.3 Å². The van der Waals surface area contributed by atoms with Crippen LogP contribution in [0.1, 0.15) is 29.6 Å². The van der Waals surface area contributed by atoms with Crippen molar-refractivity contribution in [2.24, 2.45) is 0 Å². The normalized spacial score (nSPS) is 18.9. The molecule has 0 aromatic carbocycles. The first-order valence-electron chi connectivity index (χ1n) is 5.88. The van der Waals surface area contributed by atoms with Crippen molar-refractivity contribution in [1.29, 1.82) is 0 Å². The number of nitrogens with one attached hydrogen (secondary N) is 1. The van der Waals surface area contributed by atoms with Gasteiger partial charge in [0.25, 0.3) is 5.91 Å². The van der Waals surface area contributed by atoms with Crippen LogP contribution in [-0.2, 0) is 4.74 Å². The number of ether oxygens (including phenoxy) is 1. The highest BCUT2D eigenvalue weighted by Gasteiger charge is 2.18. The van der Waals surface area contributed by atoms with Crippen molar-refractivity contribution in [3.05, 3.63) is 29.6 Å². The van der Waals surface area contributed by atoms with E-state index in [4.69, 9.17) is 4.74 Å². The van der Waals surface area contributed by atoms with Crippen molar-refractivity contribution in [2.45, 2.75) is 25.4 Å². The highest BCUT2D eigenvalue weighted by Crippen LogP contribution is 2.14. The van der Waals surface area contributed by atoms with E-state index in [1.807, 2.05) is 0 Å². The number of aromatic nitrogens is 1. The maximum absolute atomic E-state index is 13.3. The van der Waals surface area contributed by atoms with Crippen LogP contribution < -0.4 is 5.32 Å². The van der Waals surface area contributed by atoms with Crippen LogP contribution in [0.4, 0.5) is 8.78 Å². The van der Waals surface area contributed by atoms with E-state index in [9.17, 15) is 13.6 Å². The van der Waals surface area contributed by atoms with Gasteiger partial charge in [-0.1, -0.05) is 0 Å². The molecule has 0 radical (unpaired) electrons. The summed E-state index contributed by atoms with van der Waals surface area (Å²) in [6, 6.07) is 1.15. The summed E-state index contributed by atoms with van der Waals surface area (Å²) < 4.78 is 31.5. The summed E-state index contributed by atoms with van der Waals surface area (Å²) in [5, 5.41) is 2.54. The second kappa shape index (κ2) is 5.86. The Kier molecular flexibility index (Phi) is 4.19. The molecule has 0 saturated carbocycles. The summed E-state index contributed by atoms with van der Waals surface area (Å²) in [5.74, 6) is -3.11. The van der Waals surface area contributed by atoms with E-state index in [2.05, 4.69) is 10.3 Å². The molecule has 1 unspecified atom stereocenters. The van der Waals surface area contributed by atoms with Crippen LogP contribution in [0.3, 0.4) is 0 Å². The van der Waals surface area contributed by atoms with Gasteiger partial charge in [-0.15, -0.1) is 0 Å². The third kappa shape index (κ3) is 3.01. The SMILES string of the molecule is O=C(NCCC1CCCO1)c1ccnc(F)c1F. The van der Waals surface area contributed by atoms with Gasteiger partial charge in [-0.25, -0.2) is 9.37 Å². The van der Waals surface area contributed by atoms with Crippen LogP contribution in [0.15, 0.2) is 12.3 Å². The predicted octanol–water partition coefficient (Wildman–Crippen LogP) is 1.66. The number of nitrogens with zero attached hydrogens (tertiary/aromatic N) is 1. The number of amides is 1. The predicted molar refractivity (Wildman–Crippen MR) is 60.1 cm³/mol. The first kappa shape index (κ1) is 12.9. The molecule has 18 heavy (non-hydrogen) atoms. The highest BCUT2D eigenvalue weighted by atomic mass is 19.2. The number of rotatable bonds is 4. The number of carbonyl (C=O) groups is 1. The lowest BCUT2D eigenvalue weighted by Crippen LogP contribution is -2.28. The Bertz CT molecular complexity index is 434. The number of pyridine rings is 1. The lowest BCUT2D eigenvalue weighted by atomic mass is 10.2. The van der Waals surface area contributed by atoms with Gasteiger partial charge in [0, 0.05) is 19.3 Å². The largest absolute Gasteiger partial charge is 0.378 e. The average Bonchev–Trinajstić information content (AvgIpc) is 2.85. The number of halogens is 2. The standard InChI is InChI=1S/C12H14F2N2O2/c13-10-9(4-6-15-11(10)14)12(17)16-5-3-8-2-1-7-18-8/h4,6,8H,1-3,5,7H2,(H,16,17). The second-order valence-electron chi connectivity index (χ2n) is 4.14. The molecule has 2 rings (SSSR count). The summed E-state index contributed by atoms with van der Waals surface area (Å²) in [5.41, 5.74) is -0.324. The van der Waals surface area contributed by atoms with Crippen molar-refractivity contribution >= 4 is 5.91 Å². The van der Waals surface area contributed by atoms with Gasteiger partial charge in [0.1, 0.15) is 0 Å². The molecule has 2 heterocycles. The van der Waals surface area contributed by atoms with Gasteiger partial charge in [-0.2, -0.15) is 4.39 Å². The Morgan fingerprint density at radius 1 is 1.56 bits per heavy atom. The molecule has 1 aliphatic heterocycles. The van der Waals surface area contributed by atoms with Gasteiger partial charge in [0.15, 0.2) is 5.82 Å². The zero-order valence-electron chi connectivity index (χ0n) is 9.79. The Morgan fingerprint density at radius 3 is 3.11 bits per heavy atom. The highest BCUT2D eigenvalue weighted by molar-refractivity contribution is 5.94. The summed E-state index contributed by atoms with van der Waals surface area (Å²) in [6.45, 7) is 1.13. The molecule has 1 aliphatic rings. The smallest absolute Gasteiger partial charge is 0.254 e. The Balaban J connectivity index is 1.85. The zero-order chi connectivity index (χ0) is 13.0. The van der Waals surface area contributed by atoms with E-state index in [0.717, 1.165) is 31.7 Å². The molecular formula is C12H14F2N2O2. The molecule has 1 atom stereocenters. The summed E-state index contributed by atoms with van der Waals surface area (Å²) in [7, 11) is 0. The molecule has 4 nitrogen and oxygen atoms in total. The van der Waals surface area contributed by atoms with Crippen LogP contribution in [0.25, 0.3) is 0 Å². The third-order valence-corrected chi connectivity index (χ3v) is 2.87. The fourth-order valence-electron chi connectivity index (χ4n) is 1.91. The lowest BCUT2D eigenvalue weighted by molar-refractivity contribution is 0.0903. The first-order chi connectivity index (χ1) is 8.68. The molecule has 1 N–H and O–H groups in total. The van der Waals surface area contributed by atoms with Crippen molar-refractivity contribution in [3.63, 3.8) is 0 Å². The van der Waals surface area contributed by atoms with Gasteiger partial charge < -0.3 is 10.1 Å². The molecule has 1 aromatic rings. The number of hydrogen-bond acceptors (Lipinski definition) is 3. The summed E-state index contributed by atoms with van der Waals surface area (Å²) in [4.78, 5) is 14.7. The fraction of sp³-hybridized carbons (Fsp3) is 0.500. The lowest BCUT2D eigenvalue weighted by Gasteiger charge is -2.10. The van der Waals surface area contributed by atoms with E-state index in [-0.39, 0.29) is 11.7 Å². The molecule has 1 saturated heterocycles. The van der Waals surface area contributed by atoms with E-state index < -0.39 is 17.7 Å². The van der Waals surface area contributed by atoms with Crippen LogP contribution in [-0.4, -0.2) is 30.1 Å². The topological polar surface area (TPSA) is 51.2 Å². The first-order valence-corrected chi connectivity index (χ1v) is 5.88. The van der Waals surface area contributed by atoms with Gasteiger partial charge in [-0.05, 0) is 25.3 Å². The van der Waals surface area contributed by atoms with Crippen molar-refractivity contribution in [3.8, 4) is 0 Å². The molecule has 1 amide bonds. The van der Waals surface area contributed by atoms with E-state index in [1.54, 1.807) is 0 Å². The summed E-state index contributed by atoms with van der Waals surface area (Å²) >= 11 is 0. The average molecular weight is 256 g/mol. The van der Waals surface area contributed by atoms with Crippen molar-refractivity contribution in [2.75, 3.05) is 13.2 Å². The molecule has 0 aliphatic carbocycles. The van der Waals surface area contributed by atoms with Crippen LogP contribution in [0.5, 0.6) is 0 Å². The van der Waals surface area contributed by atoms with Crippen LogP contribution in [0.2, 0.25) is 0 Å². The molecule has 1 fully saturated rings. The second-order valence-corrected chi connectivity index (χ2v) is 4.14. The van der Waals surface area contributed by atoms with E-state index in [1.165, 1.54) is 0 Å². The third-order valence-electron chi connectivity index (χ3n) is 2.87. The van der Waals surface area contributed by atoms with Crippen LogP contribution >= 0.6 is 0 Å². The van der Waals surface area contributed by atoms with Gasteiger partial charge in [0.2, 0.25) is 5.95 Å². The maximum atomic E-state index is 13.3. The van der Waals surface area contributed by atoms with Gasteiger partial charge >= 0.3 is 0 Å². The monoisotopic (exact) mass is 256 g/mol. The molecule has 98 valence electrons. The van der Waals surface area contributed by atoms with Gasteiger partial charge in [0.05, 0.1) is 11.7 Å². The van der Waals surface area contributed by atoms with E-state index >= 15 is 0 Å². The molecule has 1 aromatic heterocycles. The Morgan fingerprint density at radius 2 is 2.39 bits per heavy atom.